The van der Waals surface area contributed by atoms with Crippen LogP contribution in [0.3, 0.4) is 0 Å². The minimum Gasteiger partial charge on any atom is -0.368 e. The van der Waals surface area contributed by atoms with Gasteiger partial charge in [0.15, 0.2) is 9.54 Å². The maximum Gasteiger partial charge on any atom is 0.230 e. The maximum atomic E-state index is 5.12. The molecule has 0 bridgehead atoms. The van der Waals surface area contributed by atoms with Gasteiger partial charge < -0.3 is 10.7 Å². The molecule has 0 aliphatic rings. The van der Waals surface area contributed by atoms with E-state index in [9.17, 15) is 0 Å². The maximum absolute atomic E-state index is 5.12. The molecule has 0 saturated heterocycles. The molecule has 2 rings (SSSR count). The average Bonchev–Trinajstić information content (AvgIpc) is 2.79. The lowest BCUT2D eigenvalue weighted by Gasteiger charge is -2.05. The minimum atomic E-state index is 0.492. The van der Waals surface area contributed by atoms with Crippen molar-refractivity contribution in [1.82, 2.24) is 14.8 Å². The van der Waals surface area contributed by atoms with E-state index in [0.29, 0.717) is 15.2 Å². The van der Waals surface area contributed by atoms with Gasteiger partial charge in [-0.25, -0.2) is 5.48 Å². The normalized spacial score (nSPS) is 11.2. The van der Waals surface area contributed by atoms with E-state index in [1.54, 1.807) is 16.7 Å². The fourth-order valence-corrected chi connectivity index (χ4v) is 1.95. The van der Waals surface area contributed by atoms with Crippen LogP contribution >= 0.6 is 24.4 Å². The van der Waals surface area contributed by atoms with Crippen molar-refractivity contribution in [2.24, 2.45) is 21.4 Å². The molecule has 0 unspecified atom stereocenters. The quantitative estimate of drug-likeness (QED) is 0.168. The summed E-state index contributed by atoms with van der Waals surface area (Å²) >= 11 is 10.2. The molecular weight excluding hydrogens is 300 g/mol. The number of H-pyrrole nitrogens is 2. The topological polar surface area (TPSA) is 121 Å². The fraction of sp³-hybridized carbons (Fsp3) is 0. The van der Waals surface area contributed by atoms with Gasteiger partial charge in [0.2, 0.25) is 6.40 Å². The first-order valence-corrected chi connectivity index (χ1v) is 6.07. The molecule has 11 heteroatoms. The molecule has 0 spiro atoms. The first kappa shape index (κ1) is 13.9. The number of benzene rings is 1. The standard InChI is InChI=1S/C9H10N8OS2/c10-15-16-11-5-18-14-6-1-3-7(4-2-6)17-8(19)12-13-9(17)20/h1-5,14H,(H2,10,16)(H,12,19)(H,13,20)/b11-5+. The van der Waals surface area contributed by atoms with Gasteiger partial charge in [-0.3, -0.25) is 14.8 Å². The Bertz CT molecular complexity index is 698. The van der Waals surface area contributed by atoms with E-state index in [2.05, 4.69) is 31.2 Å². The van der Waals surface area contributed by atoms with Crippen LogP contribution in [0.25, 0.3) is 5.69 Å². The zero-order valence-corrected chi connectivity index (χ0v) is 11.6. The number of hydrogen-bond acceptors (Lipinski definition) is 6. The van der Waals surface area contributed by atoms with E-state index >= 15 is 0 Å². The highest BCUT2D eigenvalue weighted by Gasteiger charge is 2.00. The first-order valence-electron chi connectivity index (χ1n) is 5.26. The Kier molecular flexibility index (Phi) is 4.57. The van der Waals surface area contributed by atoms with Gasteiger partial charge in [0, 0.05) is 0 Å². The Labute approximate surface area is 123 Å². The van der Waals surface area contributed by atoms with Gasteiger partial charge in [-0.1, -0.05) is 10.3 Å². The highest BCUT2D eigenvalue weighted by Crippen LogP contribution is 2.13. The van der Waals surface area contributed by atoms with Crippen molar-refractivity contribution in [3.05, 3.63) is 33.8 Å². The van der Waals surface area contributed by atoms with Gasteiger partial charge >= 0.3 is 0 Å². The van der Waals surface area contributed by atoms with Crippen molar-refractivity contribution >= 4 is 36.5 Å². The average molecular weight is 310 g/mol. The van der Waals surface area contributed by atoms with Crippen LogP contribution in [-0.2, 0) is 4.84 Å². The van der Waals surface area contributed by atoms with Crippen LogP contribution in [0.15, 0.2) is 39.8 Å². The summed E-state index contributed by atoms with van der Waals surface area (Å²) in [7, 11) is 0. The van der Waals surface area contributed by atoms with Crippen LogP contribution in [-0.4, -0.2) is 21.2 Å². The monoisotopic (exact) mass is 310 g/mol. The van der Waals surface area contributed by atoms with Crippen LogP contribution < -0.4 is 11.3 Å². The Hall–Kier alpha value is -2.53. The summed E-state index contributed by atoms with van der Waals surface area (Å²) in [6.07, 6.45) is 1.06. The van der Waals surface area contributed by atoms with Gasteiger partial charge in [-0.2, -0.15) is 0 Å². The molecule has 0 fully saturated rings. The van der Waals surface area contributed by atoms with Crippen LogP contribution in [0, 0.1) is 9.54 Å². The third-order valence-corrected chi connectivity index (χ3v) is 2.76. The summed E-state index contributed by atoms with van der Waals surface area (Å²) in [4.78, 5) is 4.89. The molecule has 0 aliphatic heterocycles. The lowest BCUT2D eigenvalue weighted by Crippen LogP contribution is -1.99. The second-order valence-corrected chi connectivity index (χ2v) is 4.16. The molecule has 1 aromatic heterocycles. The molecule has 104 valence electrons. The zero-order chi connectivity index (χ0) is 14.4. The molecule has 1 aromatic carbocycles. The molecule has 0 saturated carbocycles. The lowest BCUT2D eigenvalue weighted by molar-refractivity contribution is 0.410. The second kappa shape index (κ2) is 6.58. The van der Waals surface area contributed by atoms with Crippen LogP contribution in [0.1, 0.15) is 0 Å². The van der Waals surface area contributed by atoms with E-state index in [1.165, 1.54) is 0 Å². The minimum absolute atomic E-state index is 0.492. The summed E-state index contributed by atoms with van der Waals surface area (Å²) in [5, 5.41) is 15.0. The highest BCUT2D eigenvalue weighted by atomic mass is 32.1. The number of rotatable bonds is 5. The van der Waals surface area contributed by atoms with Crippen molar-refractivity contribution in [2.75, 3.05) is 5.48 Å². The molecule has 0 amide bonds. The molecule has 0 radical (unpaired) electrons. The van der Waals surface area contributed by atoms with Crippen molar-refractivity contribution < 1.29 is 4.84 Å². The fourth-order valence-electron chi connectivity index (χ4n) is 1.39. The van der Waals surface area contributed by atoms with Crippen LogP contribution in [0.2, 0.25) is 0 Å². The highest BCUT2D eigenvalue weighted by molar-refractivity contribution is 7.72. The second-order valence-electron chi connectivity index (χ2n) is 3.39. The summed E-state index contributed by atoms with van der Waals surface area (Å²) < 4.78 is 2.68. The van der Waals surface area contributed by atoms with E-state index in [0.717, 1.165) is 12.1 Å². The third kappa shape index (κ3) is 3.27. The van der Waals surface area contributed by atoms with Crippen LogP contribution in [0.4, 0.5) is 5.69 Å². The number of aromatic nitrogens is 3. The Morgan fingerprint density at radius 2 is 1.85 bits per heavy atom. The molecule has 2 aromatic rings. The predicted molar refractivity (Wildman–Crippen MR) is 78.4 cm³/mol. The molecule has 9 nitrogen and oxygen atoms in total. The van der Waals surface area contributed by atoms with E-state index in [-0.39, 0.29) is 0 Å². The number of anilines is 1. The molecule has 1 heterocycles. The van der Waals surface area contributed by atoms with Gasteiger partial charge in [0.25, 0.3) is 0 Å². The molecular formula is C9H10N8OS2. The number of hydrogen-bond donors (Lipinski definition) is 4. The van der Waals surface area contributed by atoms with Crippen molar-refractivity contribution in [3.63, 3.8) is 0 Å². The zero-order valence-electron chi connectivity index (χ0n) is 9.98. The summed E-state index contributed by atoms with van der Waals surface area (Å²) in [6, 6.07) is 7.24. The third-order valence-electron chi connectivity index (χ3n) is 2.19. The van der Waals surface area contributed by atoms with Crippen molar-refractivity contribution in [1.29, 1.82) is 0 Å². The van der Waals surface area contributed by atoms with Gasteiger partial charge in [0.1, 0.15) is 0 Å². The summed E-state index contributed by atoms with van der Waals surface area (Å²) in [5.41, 5.74) is 4.17. The number of nitrogens with zero attached hydrogens (tertiary/aromatic N) is 4. The Balaban J connectivity index is 2.07. The molecule has 0 atom stereocenters. The van der Waals surface area contributed by atoms with Gasteiger partial charge in [0.05, 0.1) is 11.4 Å². The van der Waals surface area contributed by atoms with Crippen molar-refractivity contribution in [2.45, 2.75) is 0 Å². The summed E-state index contributed by atoms with van der Waals surface area (Å²) in [5.74, 6) is 4.75. The number of nitrogens with two attached hydrogens (primary N) is 1. The predicted octanol–water partition coefficient (Wildman–Crippen LogP) is 2.21. The van der Waals surface area contributed by atoms with Gasteiger partial charge in [-0.05, 0) is 53.9 Å². The lowest BCUT2D eigenvalue weighted by atomic mass is 10.3. The number of aromatic amines is 2. The van der Waals surface area contributed by atoms with E-state index < -0.39 is 0 Å². The largest absolute Gasteiger partial charge is 0.368 e. The SMILES string of the molecule is N/N=N/N=C/ONc1ccc(-n2c(=S)[nH][nH]c2=S)cc1. The number of nitrogens with one attached hydrogen (secondary N) is 3. The Morgan fingerprint density at radius 3 is 2.45 bits per heavy atom. The van der Waals surface area contributed by atoms with E-state index in [1.807, 2.05) is 12.1 Å². The van der Waals surface area contributed by atoms with Crippen LogP contribution in [0.5, 0.6) is 0 Å². The smallest absolute Gasteiger partial charge is 0.230 e. The van der Waals surface area contributed by atoms with E-state index in [4.69, 9.17) is 35.1 Å². The molecule has 5 N–H and O–H groups in total. The first-order chi connectivity index (χ1) is 9.72. The van der Waals surface area contributed by atoms with Gasteiger partial charge in [-0.15, -0.1) is 0 Å². The summed E-state index contributed by atoms with van der Waals surface area (Å²) in [6.45, 7) is 0. The Morgan fingerprint density at radius 1 is 1.20 bits per heavy atom. The molecule has 20 heavy (non-hydrogen) atoms. The molecule has 0 aliphatic carbocycles. The van der Waals surface area contributed by atoms with Crippen molar-refractivity contribution in [3.8, 4) is 5.69 Å².